The Labute approximate surface area is 745 Å². The van der Waals surface area contributed by atoms with Gasteiger partial charge in [0, 0.05) is 102 Å². The number of hydrogen-bond donors (Lipinski definition) is 10. The molecule has 0 unspecified atom stereocenters. The Morgan fingerprint density at radius 2 is 0.838 bits per heavy atom. The highest BCUT2D eigenvalue weighted by atomic mass is 35.5. The van der Waals surface area contributed by atoms with E-state index in [9.17, 15) is 72.6 Å². The smallest absolute Gasteiger partial charge is 0.254 e. The van der Waals surface area contributed by atoms with Gasteiger partial charge >= 0.3 is 0 Å². The van der Waals surface area contributed by atoms with E-state index in [-0.39, 0.29) is 85.6 Å². The molecule has 4 amide bonds. The van der Waals surface area contributed by atoms with Crippen molar-refractivity contribution in [1.82, 2.24) is 81.2 Å². The van der Waals surface area contributed by atoms with E-state index >= 15 is 0 Å². The van der Waals surface area contributed by atoms with E-state index in [4.69, 9.17) is 34.5 Å². The first-order valence-corrected chi connectivity index (χ1v) is 44.0. The normalized spacial score (nSPS) is 12.8. The number of aryl methyl sites for hydroxylation is 3. The lowest BCUT2D eigenvalue weighted by Gasteiger charge is -2.18. The van der Waals surface area contributed by atoms with Crippen molar-refractivity contribution >= 4 is 78.2 Å². The van der Waals surface area contributed by atoms with E-state index in [2.05, 4.69) is 71.8 Å². The Hall–Kier alpha value is -14.7. The number of halogens is 7. The molecule has 8 aromatic carbocycles. The first-order valence-electron chi connectivity index (χ1n) is 39.8. The van der Waals surface area contributed by atoms with Crippen molar-refractivity contribution in [3.8, 4) is 67.3 Å². The number of nitrogen functional groups attached to an aromatic ring is 4. The number of carbonyl (C=O) groups excluding carboxylic acids is 4. The minimum Gasteiger partial charge on any atom is -0.394 e. The van der Waals surface area contributed by atoms with E-state index in [1.54, 1.807) is 103 Å². The predicted octanol–water partition coefficient (Wildman–Crippen LogP) is 12.8. The average molecular weight is 1830 g/mol. The van der Waals surface area contributed by atoms with Crippen LogP contribution in [0.4, 0.5) is 49.6 Å². The molecule has 668 valence electrons. The van der Waals surface area contributed by atoms with Crippen molar-refractivity contribution in [2.24, 2.45) is 14.1 Å². The summed E-state index contributed by atoms with van der Waals surface area (Å²) in [4.78, 5) is 75.9. The van der Waals surface area contributed by atoms with E-state index in [1.807, 2.05) is 25.1 Å². The van der Waals surface area contributed by atoms with Gasteiger partial charge in [0.25, 0.3) is 23.6 Å². The van der Waals surface area contributed by atoms with Gasteiger partial charge in [-0.2, -0.15) is 0 Å². The highest BCUT2D eigenvalue weighted by Gasteiger charge is 2.30. The van der Waals surface area contributed by atoms with E-state index in [0.29, 0.717) is 79.0 Å². The van der Waals surface area contributed by atoms with Crippen LogP contribution < -0.4 is 44.2 Å². The highest BCUT2D eigenvalue weighted by Crippen LogP contribution is 2.42. The summed E-state index contributed by atoms with van der Waals surface area (Å²) >= 11 is 5.98. The molecule has 6 aromatic heterocycles. The molecule has 2 saturated carbocycles. The molecule has 16 rings (SSSR count). The molecule has 2 atom stereocenters. The Balaban J connectivity index is 0.000000148. The van der Waals surface area contributed by atoms with E-state index in [0.717, 1.165) is 90.2 Å². The highest BCUT2D eigenvalue weighted by molar-refractivity contribution is 7.91. The number of carbonyl (C=O) groups is 4. The first-order chi connectivity index (χ1) is 62.0. The second-order valence-electron chi connectivity index (χ2n) is 30.6. The van der Waals surface area contributed by atoms with Gasteiger partial charge < -0.3 is 54.4 Å². The summed E-state index contributed by atoms with van der Waals surface area (Å²) in [6.07, 6.45) is 15.8. The zero-order valence-corrected chi connectivity index (χ0v) is 72.3. The number of nitrogens with one attached hydrogen (secondary N) is 4. The van der Waals surface area contributed by atoms with Gasteiger partial charge in [-0.05, 0) is 175 Å². The molecule has 6 heterocycles. The number of rotatable bonds is 24. The number of hydrogen-bond acceptors (Lipinski definition) is 24. The van der Waals surface area contributed by atoms with Crippen LogP contribution in [0.15, 0.2) is 217 Å². The minimum atomic E-state index is -3.62. The van der Waals surface area contributed by atoms with Crippen molar-refractivity contribution in [2.45, 2.75) is 79.4 Å². The largest absolute Gasteiger partial charge is 0.394 e. The molecule has 0 bridgehead atoms. The minimum absolute atomic E-state index is 0.0229. The number of aliphatic hydroxyl groups is 2. The quantitative estimate of drug-likeness (QED) is 0.0251. The Bertz CT molecular complexity index is 6520. The van der Waals surface area contributed by atoms with Crippen LogP contribution in [-0.2, 0) is 46.9 Å². The van der Waals surface area contributed by atoms with Crippen molar-refractivity contribution in [2.75, 3.05) is 48.7 Å². The number of nitrogens with two attached hydrogens (primary N) is 4. The molecule has 130 heavy (non-hydrogen) atoms. The van der Waals surface area contributed by atoms with Crippen LogP contribution in [-0.4, -0.2) is 136 Å². The molecule has 30 nitrogen and oxygen atoms in total. The molecule has 2 aliphatic rings. The second-order valence-corrected chi connectivity index (χ2v) is 35.0. The van der Waals surface area contributed by atoms with Crippen molar-refractivity contribution < 1.29 is 72.6 Å². The third-order valence-electron chi connectivity index (χ3n) is 20.8. The zero-order chi connectivity index (χ0) is 93.2. The number of aliphatic hydroxyl groups excluding tert-OH is 2. The topological polar surface area (TPSA) is 468 Å². The lowest BCUT2D eigenvalue weighted by atomic mass is 10.0. The molecule has 2 aliphatic carbocycles. The molecule has 14 N–H and O–H groups in total. The first kappa shape index (κ1) is 92.9. The van der Waals surface area contributed by atoms with Crippen LogP contribution in [0.3, 0.4) is 0 Å². The molecular weight excluding hydrogens is 1750 g/mol. The molecule has 39 heteroatoms. The van der Waals surface area contributed by atoms with Crippen LogP contribution in [0.1, 0.15) is 130 Å². The van der Waals surface area contributed by atoms with Crippen LogP contribution in [0.25, 0.3) is 67.3 Å². The fourth-order valence-electron chi connectivity index (χ4n) is 13.6. The van der Waals surface area contributed by atoms with Crippen LogP contribution >= 0.6 is 11.6 Å². The van der Waals surface area contributed by atoms with Gasteiger partial charge in [0.2, 0.25) is 0 Å². The molecule has 14 aromatic rings. The summed E-state index contributed by atoms with van der Waals surface area (Å²) < 4.78 is 137. The summed E-state index contributed by atoms with van der Waals surface area (Å²) in [7, 11) is -3.60. The summed E-state index contributed by atoms with van der Waals surface area (Å²) in [5.41, 5.74) is 33.9. The summed E-state index contributed by atoms with van der Waals surface area (Å²) in [5, 5.41) is 45.3. The number of nitrogens with zero attached hydrogens (tertiary/aromatic N) is 12. The van der Waals surface area contributed by atoms with Crippen LogP contribution in [0.5, 0.6) is 0 Å². The summed E-state index contributed by atoms with van der Waals surface area (Å²) in [6, 6.07) is 38.8. The van der Waals surface area contributed by atoms with Crippen LogP contribution in [0, 0.1) is 41.8 Å². The molecule has 0 aliphatic heterocycles. The molecule has 0 radical (unpaired) electrons. The Morgan fingerprint density at radius 3 is 1.23 bits per heavy atom. The van der Waals surface area contributed by atoms with Gasteiger partial charge in [-0.25, -0.2) is 82.4 Å². The summed E-state index contributed by atoms with van der Waals surface area (Å²) in [5.74, 6) is -5.54. The monoisotopic (exact) mass is 1830 g/mol. The molecule has 2 fully saturated rings. The van der Waals surface area contributed by atoms with Gasteiger partial charge in [-0.15, -0.1) is 10.2 Å². The van der Waals surface area contributed by atoms with E-state index < -0.39 is 96.9 Å². The average Bonchev–Trinajstić information content (AvgIpc) is 1.41. The van der Waals surface area contributed by atoms with Gasteiger partial charge in [0.1, 0.15) is 69.6 Å². The third kappa shape index (κ3) is 23.0. The van der Waals surface area contributed by atoms with Crippen molar-refractivity contribution in [3.63, 3.8) is 0 Å². The molecular formula is C91H83ClF6N20O10S2. The number of pyridine rings is 2. The number of sulfone groups is 2. The number of anilines is 4. The zero-order valence-electron chi connectivity index (χ0n) is 69.9. The van der Waals surface area contributed by atoms with Crippen LogP contribution in [0.2, 0.25) is 5.02 Å². The standard InChI is InChI=1S/C24H23FN6O2.C23H20F2N6O2.C22H20ClFN4O3S.C22H20F2N4O3S/c1-14-4-3-5-16(8-14)21(13-32)29-24(33)18-7-6-15(10-20(18)25)19-9-17(11-27-23(19)26)22-12-28-30-31(22)2;1-31-21(11-28-30-31)15-8-18(22(26)27-10-15)13-5-6-17(19(25)9-13)23(33)29-20(12-32)14-3-2-4-16(24)7-14;2*1-32(30,31)16-7-12(6-15(23)9-16)10-27-22(29)17-5-4-14(8-18(17)24)20-21(25)26-11-19(28-20)13-2-3-13/h3-12,21,32H,13H2,1-2H3,(H2,26,27)(H,29,33);2-11,20,32H,12H2,1H3,(H2,26,27)(H,29,33);2*4-9,11,13H,2-3,10H2,1H3,(H2,25,26)(H,27,29)/t21-;20-;;/m11../s1. The third-order valence-corrected chi connectivity index (χ3v) is 23.2. The van der Waals surface area contributed by atoms with Crippen molar-refractivity contribution in [1.29, 1.82) is 0 Å². The second kappa shape index (κ2) is 40.1. The molecule has 0 saturated heterocycles. The maximum atomic E-state index is 15.0. The predicted molar refractivity (Wildman–Crippen MR) is 474 cm³/mol. The lowest BCUT2D eigenvalue weighted by Crippen LogP contribution is -2.31. The number of aromatic nitrogens is 12. The Morgan fingerprint density at radius 1 is 0.446 bits per heavy atom. The van der Waals surface area contributed by atoms with Gasteiger partial charge in [0.05, 0.1) is 105 Å². The maximum absolute atomic E-state index is 15.0. The fraction of sp³-hybridized carbons (Fsp3) is 0.187. The van der Waals surface area contributed by atoms with Gasteiger partial charge in [0.15, 0.2) is 19.7 Å². The fourth-order valence-corrected chi connectivity index (χ4v) is 15.3. The SMILES string of the molecule is CS(=O)(=O)c1cc(Cl)cc(CNC(=O)c2ccc(-c3nc(C4CC4)cnc3N)cc2F)c1.CS(=O)(=O)c1cc(F)cc(CNC(=O)c2ccc(-c3nc(C4CC4)cnc3N)cc2F)c1.Cc1cccc([C@@H](CO)NC(=O)c2ccc(-c3cc(-c4cnnn4C)cnc3N)cc2F)c1.Cn1nncc1-c1cnc(N)c(-c2ccc(C(=O)N[C@H](CO)c3cccc(F)c3)c(F)c2)c1. The van der Waals surface area contributed by atoms with E-state index in [1.165, 1.54) is 91.0 Å². The van der Waals surface area contributed by atoms with Gasteiger partial charge in [-0.3, -0.25) is 19.2 Å². The molecule has 0 spiro atoms. The number of amides is 4. The summed E-state index contributed by atoms with van der Waals surface area (Å²) in [6.45, 7) is 0.922. The van der Waals surface area contributed by atoms with Gasteiger partial charge in [-0.1, -0.05) is 88.3 Å². The number of benzene rings is 8. The maximum Gasteiger partial charge on any atom is 0.254 e. The lowest BCUT2D eigenvalue weighted by molar-refractivity contribution is 0.0904. The Kier molecular flexibility index (Phi) is 28.6. The van der Waals surface area contributed by atoms with Crippen molar-refractivity contribution in [3.05, 3.63) is 308 Å².